The molecule has 0 N–H and O–H groups in total. The fourth-order valence-corrected chi connectivity index (χ4v) is 4.90. The predicted octanol–water partition coefficient (Wildman–Crippen LogP) is 1.89. The van der Waals surface area contributed by atoms with Crippen LogP contribution in [0.4, 0.5) is 11.5 Å². The van der Waals surface area contributed by atoms with Crippen LogP contribution in [0.5, 0.6) is 0 Å². The minimum Gasteiger partial charge on any atom is -0.336 e. The van der Waals surface area contributed by atoms with E-state index in [1.54, 1.807) is 13.1 Å². The molecule has 1 atom stereocenters. The molecular weight excluding hydrogens is 352 g/mol. The van der Waals surface area contributed by atoms with E-state index in [4.69, 9.17) is 0 Å². The van der Waals surface area contributed by atoms with Crippen molar-refractivity contribution in [2.75, 3.05) is 30.0 Å². The van der Waals surface area contributed by atoms with Gasteiger partial charge in [0.25, 0.3) is 5.91 Å². The third-order valence-corrected chi connectivity index (χ3v) is 6.36. The lowest BCUT2D eigenvalue weighted by Gasteiger charge is -2.25. The van der Waals surface area contributed by atoms with Crippen molar-refractivity contribution in [1.29, 1.82) is 0 Å². The highest BCUT2D eigenvalue weighted by Gasteiger charge is 2.33. The van der Waals surface area contributed by atoms with E-state index >= 15 is 0 Å². The standard InChI is InChI=1S/C18H22N4O3S/c1-3-22(14-7-5-4-6-8-14)17-11-16(19-13-20-17)18(23)21(2)15-9-10-26(24,25)12-15/h4-8,11,13,15H,3,9-10,12H2,1-2H3. The van der Waals surface area contributed by atoms with Crippen molar-refractivity contribution in [2.24, 2.45) is 0 Å². The van der Waals surface area contributed by atoms with Gasteiger partial charge in [-0.25, -0.2) is 18.4 Å². The maximum Gasteiger partial charge on any atom is 0.272 e. The minimum atomic E-state index is -3.05. The number of benzene rings is 1. The Labute approximate surface area is 153 Å². The van der Waals surface area contributed by atoms with Crippen molar-refractivity contribution in [3.05, 3.63) is 48.4 Å². The van der Waals surface area contributed by atoms with Crippen LogP contribution in [0.3, 0.4) is 0 Å². The van der Waals surface area contributed by atoms with Gasteiger partial charge < -0.3 is 9.80 Å². The molecule has 1 aromatic heterocycles. The molecule has 0 spiro atoms. The van der Waals surface area contributed by atoms with E-state index in [0.717, 1.165) is 5.69 Å². The van der Waals surface area contributed by atoms with Crippen molar-refractivity contribution in [2.45, 2.75) is 19.4 Å². The van der Waals surface area contributed by atoms with Gasteiger partial charge >= 0.3 is 0 Å². The lowest BCUT2D eigenvalue weighted by Crippen LogP contribution is -2.38. The molecule has 1 aliphatic rings. The van der Waals surface area contributed by atoms with Gasteiger partial charge in [0, 0.05) is 31.4 Å². The average molecular weight is 374 g/mol. The second kappa shape index (κ2) is 7.41. The molecule has 1 unspecified atom stereocenters. The van der Waals surface area contributed by atoms with Crippen LogP contribution in [0.25, 0.3) is 0 Å². The summed E-state index contributed by atoms with van der Waals surface area (Å²) in [4.78, 5) is 24.6. The van der Waals surface area contributed by atoms with E-state index in [-0.39, 0.29) is 29.1 Å². The molecular formula is C18H22N4O3S. The summed E-state index contributed by atoms with van der Waals surface area (Å²) >= 11 is 0. The molecule has 2 aromatic rings. The van der Waals surface area contributed by atoms with Gasteiger partial charge in [-0.05, 0) is 25.5 Å². The number of hydrogen-bond donors (Lipinski definition) is 0. The molecule has 8 heteroatoms. The van der Waals surface area contributed by atoms with Crippen molar-refractivity contribution < 1.29 is 13.2 Å². The number of carbonyl (C=O) groups is 1. The molecule has 1 fully saturated rings. The van der Waals surface area contributed by atoms with Gasteiger partial charge in [0.05, 0.1) is 11.5 Å². The molecule has 0 aliphatic carbocycles. The van der Waals surface area contributed by atoms with Gasteiger partial charge in [-0.3, -0.25) is 4.79 Å². The zero-order valence-electron chi connectivity index (χ0n) is 14.9. The molecule has 2 heterocycles. The fourth-order valence-electron chi connectivity index (χ4n) is 3.12. The summed E-state index contributed by atoms with van der Waals surface area (Å²) in [6, 6.07) is 11.1. The van der Waals surface area contributed by atoms with Crippen molar-refractivity contribution in [3.63, 3.8) is 0 Å². The Morgan fingerprint density at radius 2 is 1.96 bits per heavy atom. The fraction of sp³-hybridized carbons (Fsp3) is 0.389. The molecule has 1 saturated heterocycles. The van der Waals surface area contributed by atoms with E-state index in [0.29, 0.717) is 18.8 Å². The van der Waals surface area contributed by atoms with Crippen LogP contribution >= 0.6 is 0 Å². The second-order valence-corrected chi connectivity index (χ2v) is 8.54. The summed E-state index contributed by atoms with van der Waals surface area (Å²) < 4.78 is 23.3. The number of hydrogen-bond acceptors (Lipinski definition) is 6. The zero-order valence-corrected chi connectivity index (χ0v) is 15.7. The SMILES string of the molecule is CCN(c1ccccc1)c1cc(C(=O)N(C)C2CCS(=O)(=O)C2)ncn1. The highest BCUT2D eigenvalue weighted by atomic mass is 32.2. The largest absolute Gasteiger partial charge is 0.336 e. The Hall–Kier alpha value is -2.48. The van der Waals surface area contributed by atoms with Crippen molar-refractivity contribution >= 4 is 27.2 Å². The van der Waals surface area contributed by atoms with Crippen LogP contribution in [-0.2, 0) is 9.84 Å². The van der Waals surface area contributed by atoms with E-state index < -0.39 is 9.84 Å². The monoisotopic (exact) mass is 374 g/mol. The smallest absolute Gasteiger partial charge is 0.272 e. The van der Waals surface area contributed by atoms with Crippen LogP contribution < -0.4 is 4.90 Å². The molecule has 1 aromatic carbocycles. The number of para-hydroxylation sites is 1. The highest BCUT2D eigenvalue weighted by Crippen LogP contribution is 2.24. The average Bonchev–Trinajstić information content (AvgIpc) is 3.02. The first-order valence-electron chi connectivity index (χ1n) is 8.53. The summed E-state index contributed by atoms with van der Waals surface area (Å²) in [6.07, 6.45) is 1.83. The Bertz CT molecular complexity index is 886. The van der Waals surface area contributed by atoms with Crippen LogP contribution in [0, 0.1) is 0 Å². The number of carbonyl (C=O) groups excluding carboxylic acids is 1. The summed E-state index contributed by atoms with van der Waals surface area (Å²) in [5.41, 5.74) is 1.23. The number of rotatable bonds is 5. The number of nitrogens with zero attached hydrogens (tertiary/aromatic N) is 4. The van der Waals surface area contributed by atoms with Crippen LogP contribution in [0.15, 0.2) is 42.7 Å². The summed E-state index contributed by atoms with van der Waals surface area (Å²) in [5.74, 6) is 0.476. The second-order valence-electron chi connectivity index (χ2n) is 6.31. The Morgan fingerprint density at radius 1 is 1.23 bits per heavy atom. The molecule has 0 bridgehead atoms. The topological polar surface area (TPSA) is 83.5 Å². The minimum absolute atomic E-state index is 0.0122. The number of sulfone groups is 1. The van der Waals surface area contributed by atoms with Gasteiger partial charge in [0.15, 0.2) is 9.84 Å². The number of aromatic nitrogens is 2. The lowest BCUT2D eigenvalue weighted by atomic mass is 10.2. The molecule has 3 rings (SSSR count). The predicted molar refractivity (Wildman–Crippen MR) is 100 cm³/mol. The third kappa shape index (κ3) is 3.85. The van der Waals surface area contributed by atoms with E-state index in [1.165, 1.54) is 11.2 Å². The first kappa shape index (κ1) is 18.3. The van der Waals surface area contributed by atoms with Gasteiger partial charge in [-0.15, -0.1) is 0 Å². The lowest BCUT2D eigenvalue weighted by molar-refractivity contribution is 0.0741. The van der Waals surface area contributed by atoms with Gasteiger partial charge in [-0.2, -0.15) is 0 Å². The first-order chi connectivity index (χ1) is 12.4. The normalized spacial score (nSPS) is 18.5. The molecule has 1 aliphatic heterocycles. The molecule has 0 radical (unpaired) electrons. The summed E-state index contributed by atoms with van der Waals surface area (Å²) in [6.45, 7) is 2.69. The van der Waals surface area contributed by atoms with Crippen LogP contribution in [-0.4, -0.2) is 60.3 Å². The van der Waals surface area contributed by atoms with Gasteiger partial charge in [0.2, 0.25) is 0 Å². The van der Waals surface area contributed by atoms with Crippen LogP contribution in [0.2, 0.25) is 0 Å². The number of amides is 1. The molecule has 1 amide bonds. The Morgan fingerprint density at radius 3 is 2.58 bits per heavy atom. The van der Waals surface area contributed by atoms with E-state index in [1.807, 2.05) is 42.2 Å². The molecule has 0 saturated carbocycles. The first-order valence-corrected chi connectivity index (χ1v) is 10.4. The van der Waals surface area contributed by atoms with Crippen molar-refractivity contribution in [1.82, 2.24) is 14.9 Å². The Kier molecular flexibility index (Phi) is 5.22. The van der Waals surface area contributed by atoms with Crippen LogP contribution in [0.1, 0.15) is 23.8 Å². The number of anilines is 2. The maximum absolute atomic E-state index is 12.8. The van der Waals surface area contributed by atoms with Gasteiger partial charge in [0.1, 0.15) is 17.8 Å². The maximum atomic E-state index is 12.8. The van der Waals surface area contributed by atoms with Gasteiger partial charge in [-0.1, -0.05) is 18.2 Å². The summed E-state index contributed by atoms with van der Waals surface area (Å²) in [7, 11) is -1.42. The molecule has 26 heavy (non-hydrogen) atoms. The molecule has 7 nitrogen and oxygen atoms in total. The Balaban J connectivity index is 1.83. The third-order valence-electron chi connectivity index (χ3n) is 4.61. The quantitative estimate of drug-likeness (QED) is 0.795. The zero-order chi connectivity index (χ0) is 18.7. The highest BCUT2D eigenvalue weighted by molar-refractivity contribution is 7.91. The van der Waals surface area contributed by atoms with Crippen molar-refractivity contribution in [3.8, 4) is 0 Å². The van der Waals surface area contributed by atoms with E-state index in [9.17, 15) is 13.2 Å². The summed E-state index contributed by atoms with van der Waals surface area (Å²) in [5, 5.41) is 0. The molecule has 138 valence electrons. The van der Waals surface area contributed by atoms with E-state index in [2.05, 4.69) is 9.97 Å².